The smallest absolute Gasteiger partial charge is 0.356 e. The second-order valence-corrected chi connectivity index (χ2v) is 5.44. The monoisotopic (exact) mass is 320 g/mol. The topological polar surface area (TPSA) is 84.9 Å². The zero-order valence-electron chi connectivity index (χ0n) is 13.8. The summed E-state index contributed by atoms with van der Waals surface area (Å²) >= 11 is 0. The fourth-order valence-electron chi connectivity index (χ4n) is 2.29. The molecule has 0 bridgehead atoms. The van der Waals surface area contributed by atoms with Crippen LogP contribution in [0.4, 0.5) is 5.69 Å². The molecule has 2 rings (SSSR count). The maximum absolute atomic E-state index is 12.2. The van der Waals surface area contributed by atoms with Crippen molar-refractivity contribution in [3.05, 3.63) is 23.9 Å². The van der Waals surface area contributed by atoms with Crippen molar-refractivity contribution >= 4 is 28.5 Å². The van der Waals surface area contributed by atoms with Crippen LogP contribution in [0.25, 0.3) is 10.9 Å². The summed E-state index contributed by atoms with van der Waals surface area (Å²) in [5.74, 6) is -0.0462. The Kier molecular flexibility index (Phi) is 5.23. The van der Waals surface area contributed by atoms with Crippen molar-refractivity contribution in [3.63, 3.8) is 0 Å². The van der Waals surface area contributed by atoms with Crippen LogP contribution in [-0.4, -0.2) is 51.2 Å². The summed E-state index contributed by atoms with van der Waals surface area (Å²) in [6.45, 7) is 2.28. The van der Waals surface area contributed by atoms with E-state index in [4.69, 9.17) is 9.47 Å². The number of hydrogen-bond donors (Lipinski definition) is 3. The molecular weight excluding hydrogens is 298 g/mol. The molecule has 0 atom stereocenters. The van der Waals surface area contributed by atoms with E-state index in [9.17, 15) is 9.59 Å². The van der Waals surface area contributed by atoms with E-state index in [1.54, 1.807) is 32.2 Å². The lowest BCUT2D eigenvalue weighted by Crippen LogP contribution is -3.06. The van der Waals surface area contributed by atoms with Crippen molar-refractivity contribution in [2.24, 2.45) is 0 Å². The molecule has 1 heterocycles. The first kappa shape index (κ1) is 16.8. The zero-order chi connectivity index (χ0) is 17.0. The number of H-pyrrole nitrogens is 1. The lowest BCUT2D eigenvalue weighted by molar-refractivity contribution is -0.849. The zero-order valence-corrected chi connectivity index (χ0v) is 13.8. The third-order valence-electron chi connectivity index (χ3n) is 3.26. The molecule has 0 radical (unpaired) electrons. The van der Waals surface area contributed by atoms with Crippen LogP contribution in [0.2, 0.25) is 0 Å². The fraction of sp³-hybridized carbons (Fsp3) is 0.375. The average Bonchev–Trinajstić information content (AvgIpc) is 2.84. The Bertz CT molecular complexity index is 721. The van der Waals surface area contributed by atoms with E-state index in [0.29, 0.717) is 23.4 Å². The first-order chi connectivity index (χ1) is 11.0. The molecule has 7 heteroatoms. The van der Waals surface area contributed by atoms with Crippen LogP contribution in [0.3, 0.4) is 0 Å². The summed E-state index contributed by atoms with van der Waals surface area (Å²) in [4.78, 5) is 28.3. The highest BCUT2D eigenvalue weighted by Gasteiger charge is 2.21. The van der Waals surface area contributed by atoms with Gasteiger partial charge < -0.3 is 24.7 Å². The van der Waals surface area contributed by atoms with Crippen molar-refractivity contribution in [1.29, 1.82) is 0 Å². The van der Waals surface area contributed by atoms with Gasteiger partial charge in [0.05, 0.1) is 33.5 Å². The molecule has 23 heavy (non-hydrogen) atoms. The second kappa shape index (κ2) is 7.15. The highest BCUT2D eigenvalue weighted by Crippen LogP contribution is 2.31. The lowest BCUT2D eigenvalue weighted by atomic mass is 10.2. The van der Waals surface area contributed by atoms with E-state index < -0.39 is 5.97 Å². The average molecular weight is 320 g/mol. The van der Waals surface area contributed by atoms with Gasteiger partial charge in [-0.1, -0.05) is 0 Å². The fourth-order valence-corrected chi connectivity index (χ4v) is 2.29. The number of fused-ring (bicyclic) bond motifs is 1. The number of carbonyl (C=O) groups is 2. The first-order valence-corrected chi connectivity index (χ1v) is 7.42. The molecule has 0 fully saturated rings. The number of aromatic nitrogens is 1. The molecule has 0 aliphatic carbocycles. The van der Waals surface area contributed by atoms with E-state index in [1.807, 2.05) is 14.1 Å². The van der Waals surface area contributed by atoms with Crippen LogP contribution in [0.15, 0.2) is 18.2 Å². The summed E-state index contributed by atoms with van der Waals surface area (Å²) in [5, 5.41) is 3.51. The van der Waals surface area contributed by atoms with Gasteiger partial charge in [-0.3, -0.25) is 4.79 Å². The Morgan fingerprint density at radius 1 is 1.30 bits per heavy atom. The number of amides is 1. The SMILES string of the molecule is CCOC(=O)c1[nH]c2ccc(OC)cc2c1NC(=O)C[NH+](C)C. The predicted octanol–water partition coefficient (Wildman–Crippen LogP) is 0.436. The first-order valence-electron chi connectivity index (χ1n) is 7.42. The number of methoxy groups -OCH3 is 1. The molecule has 0 saturated heterocycles. The highest BCUT2D eigenvalue weighted by molar-refractivity contribution is 6.11. The highest BCUT2D eigenvalue weighted by atomic mass is 16.5. The number of quaternary nitrogens is 1. The van der Waals surface area contributed by atoms with Gasteiger partial charge in [-0.2, -0.15) is 0 Å². The van der Waals surface area contributed by atoms with E-state index in [1.165, 1.54) is 0 Å². The molecule has 1 aromatic carbocycles. The van der Waals surface area contributed by atoms with Crippen molar-refractivity contribution in [1.82, 2.24) is 4.98 Å². The third-order valence-corrected chi connectivity index (χ3v) is 3.26. The molecule has 0 aliphatic heterocycles. The Labute approximate surface area is 134 Å². The van der Waals surface area contributed by atoms with Crippen molar-refractivity contribution in [3.8, 4) is 5.75 Å². The number of nitrogens with one attached hydrogen (secondary N) is 3. The van der Waals surface area contributed by atoms with Gasteiger partial charge in [0, 0.05) is 10.9 Å². The molecule has 124 valence electrons. The van der Waals surface area contributed by atoms with Crippen molar-refractivity contribution in [2.75, 3.05) is 39.7 Å². The quantitative estimate of drug-likeness (QED) is 0.674. The number of esters is 1. The minimum Gasteiger partial charge on any atom is -0.497 e. The van der Waals surface area contributed by atoms with Crippen LogP contribution in [-0.2, 0) is 9.53 Å². The van der Waals surface area contributed by atoms with Crippen molar-refractivity contribution < 1.29 is 24.0 Å². The number of rotatable bonds is 6. The van der Waals surface area contributed by atoms with Crippen molar-refractivity contribution in [2.45, 2.75) is 6.92 Å². The molecule has 7 nitrogen and oxygen atoms in total. The summed E-state index contributed by atoms with van der Waals surface area (Å²) in [6.07, 6.45) is 0. The molecule has 1 amide bonds. The predicted molar refractivity (Wildman–Crippen MR) is 87.1 cm³/mol. The Morgan fingerprint density at radius 3 is 2.65 bits per heavy atom. The number of ether oxygens (including phenoxy) is 2. The number of anilines is 1. The maximum Gasteiger partial charge on any atom is 0.356 e. The van der Waals surface area contributed by atoms with E-state index in [2.05, 4.69) is 10.3 Å². The van der Waals surface area contributed by atoms with Gasteiger partial charge in [0.2, 0.25) is 0 Å². The molecule has 2 aromatic rings. The van der Waals surface area contributed by atoms with Gasteiger partial charge in [0.25, 0.3) is 5.91 Å². The maximum atomic E-state index is 12.2. The second-order valence-electron chi connectivity index (χ2n) is 5.44. The number of hydrogen-bond acceptors (Lipinski definition) is 4. The van der Waals surface area contributed by atoms with E-state index in [0.717, 1.165) is 10.4 Å². The largest absolute Gasteiger partial charge is 0.497 e. The van der Waals surface area contributed by atoms with Gasteiger partial charge in [0.15, 0.2) is 6.54 Å². The molecular formula is C16H22N3O4+. The Hall–Kier alpha value is -2.54. The van der Waals surface area contributed by atoms with Crippen LogP contribution >= 0.6 is 0 Å². The minimum atomic E-state index is -0.504. The molecule has 0 aliphatic rings. The minimum absolute atomic E-state index is 0.181. The number of likely N-dealkylation sites (N-methyl/N-ethyl adjacent to an activating group) is 1. The van der Waals surface area contributed by atoms with Gasteiger partial charge in [-0.25, -0.2) is 4.79 Å². The van der Waals surface area contributed by atoms with Gasteiger partial charge in [0.1, 0.15) is 11.4 Å². The van der Waals surface area contributed by atoms with Crippen LogP contribution in [0.5, 0.6) is 5.75 Å². The molecule has 3 N–H and O–H groups in total. The number of carbonyl (C=O) groups excluding carboxylic acids is 2. The van der Waals surface area contributed by atoms with E-state index >= 15 is 0 Å². The van der Waals surface area contributed by atoms with Crippen LogP contribution < -0.4 is 15.0 Å². The Balaban J connectivity index is 2.48. The summed E-state index contributed by atoms with van der Waals surface area (Å²) < 4.78 is 10.3. The molecule has 0 saturated carbocycles. The number of aromatic amines is 1. The lowest BCUT2D eigenvalue weighted by Gasteiger charge is -2.09. The summed E-state index contributed by atoms with van der Waals surface area (Å²) in [7, 11) is 5.32. The summed E-state index contributed by atoms with van der Waals surface area (Å²) in [5.41, 5.74) is 1.38. The van der Waals surface area contributed by atoms with Crippen LogP contribution in [0.1, 0.15) is 17.4 Å². The molecule has 0 unspecified atom stereocenters. The standard InChI is InChI=1S/C16H21N3O4/c1-5-23-16(21)15-14(18-13(20)9-19(2)3)11-8-10(22-4)6-7-12(11)17-15/h6-8,17H,5,9H2,1-4H3,(H,18,20)/p+1. The third kappa shape index (κ3) is 3.81. The normalized spacial score (nSPS) is 10.8. The number of benzene rings is 1. The van der Waals surface area contributed by atoms with E-state index in [-0.39, 0.29) is 18.2 Å². The van der Waals surface area contributed by atoms with Gasteiger partial charge >= 0.3 is 5.97 Å². The Morgan fingerprint density at radius 2 is 2.04 bits per heavy atom. The van der Waals surface area contributed by atoms with Gasteiger partial charge in [-0.15, -0.1) is 0 Å². The molecule has 0 spiro atoms. The summed E-state index contributed by atoms with van der Waals surface area (Å²) in [6, 6.07) is 5.35. The molecule has 1 aromatic heterocycles. The van der Waals surface area contributed by atoms with Gasteiger partial charge in [-0.05, 0) is 25.1 Å². The van der Waals surface area contributed by atoms with Crippen LogP contribution in [0, 0.1) is 0 Å².